The highest BCUT2D eigenvalue weighted by Crippen LogP contribution is 2.13. The maximum Gasteiger partial charge on any atom is 0.274 e. The second kappa shape index (κ2) is 8.10. The van der Waals surface area contributed by atoms with Crippen LogP contribution in [0.2, 0.25) is 0 Å². The molecular weight excluding hydrogens is 292 g/mol. The number of hydroxylamine groups is 1. The van der Waals surface area contributed by atoms with Crippen molar-refractivity contribution in [1.82, 2.24) is 5.48 Å². The van der Waals surface area contributed by atoms with Crippen LogP contribution in [0, 0.1) is 0 Å². The van der Waals surface area contributed by atoms with E-state index in [4.69, 9.17) is 5.21 Å². The lowest BCUT2D eigenvalue weighted by atomic mass is 10.1. The fourth-order valence-corrected chi connectivity index (χ4v) is 2.18. The van der Waals surface area contributed by atoms with Gasteiger partial charge in [0.05, 0.1) is 0 Å². The number of rotatable bonds is 6. The van der Waals surface area contributed by atoms with Crippen molar-refractivity contribution in [3.63, 3.8) is 0 Å². The Morgan fingerprint density at radius 1 is 0.913 bits per heavy atom. The molecule has 0 fully saturated rings. The molecule has 2 amide bonds. The molecule has 0 saturated heterocycles. The molecule has 120 valence electrons. The summed E-state index contributed by atoms with van der Waals surface area (Å²) in [6, 6.07) is 13.8. The molecule has 2 aromatic carbocycles. The van der Waals surface area contributed by atoms with Crippen molar-refractivity contribution in [1.29, 1.82) is 0 Å². The lowest BCUT2D eigenvalue weighted by molar-refractivity contribution is 0.0706. The molecule has 2 rings (SSSR count). The van der Waals surface area contributed by atoms with Crippen LogP contribution in [0.15, 0.2) is 48.5 Å². The highest BCUT2D eigenvalue weighted by atomic mass is 16.5. The van der Waals surface area contributed by atoms with Gasteiger partial charge in [-0.2, -0.15) is 0 Å². The first-order chi connectivity index (χ1) is 11.1. The zero-order valence-electron chi connectivity index (χ0n) is 13.0. The van der Waals surface area contributed by atoms with Crippen LogP contribution in [-0.2, 0) is 6.42 Å². The Morgan fingerprint density at radius 3 is 2.00 bits per heavy atom. The Labute approximate surface area is 135 Å². The predicted octanol–water partition coefficient (Wildman–Crippen LogP) is 3.40. The number of hydrogen-bond acceptors (Lipinski definition) is 3. The summed E-state index contributed by atoms with van der Waals surface area (Å²) in [6.45, 7) is 2.16. The molecule has 2 aromatic rings. The van der Waals surface area contributed by atoms with E-state index in [9.17, 15) is 9.59 Å². The van der Waals surface area contributed by atoms with Crippen molar-refractivity contribution in [3.8, 4) is 0 Å². The SMILES string of the molecule is CCCCc1ccc(NC(=O)c2ccc(C(=O)NO)cc2)cc1. The lowest BCUT2D eigenvalue weighted by Crippen LogP contribution is -2.19. The molecule has 0 atom stereocenters. The van der Waals surface area contributed by atoms with Crippen molar-refractivity contribution < 1.29 is 14.8 Å². The number of aryl methyl sites for hydroxylation is 1. The summed E-state index contributed by atoms with van der Waals surface area (Å²) in [5, 5.41) is 11.4. The summed E-state index contributed by atoms with van der Waals surface area (Å²) in [4.78, 5) is 23.4. The fraction of sp³-hybridized carbons (Fsp3) is 0.222. The van der Waals surface area contributed by atoms with Gasteiger partial charge < -0.3 is 5.32 Å². The first-order valence-electron chi connectivity index (χ1n) is 7.59. The summed E-state index contributed by atoms with van der Waals surface area (Å²) >= 11 is 0. The Hall–Kier alpha value is -2.66. The Kier molecular flexibility index (Phi) is 5.88. The molecule has 0 spiro atoms. The van der Waals surface area contributed by atoms with E-state index in [-0.39, 0.29) is 11.5 Å². The van der Waals surface area contributed by atoms with Crippen LogP contribution >= 0.6 is 0 Å². The molecule has 0 aliphatic rings. The molecule has 0 saturated carbocycles. The summed E-state index contributed by atoms with van der Waals surface area (Å²) < 4.78 is 0. The lowest BCUT2D eigenvalue weighted by Gasteiger charge is -2.07. The quantitative estimate of drug-likeness (QED) is 0.565. The van der Waals surface area contributed by atoms with E-state index < -0.39 is 5.91 Å². The van der Waals surface area contributed by atoms with Gasteiger partial charge in [-0.15, -0.1) is 0 Å². The topological polar surface area (TPSA) is 78.4 Å². The molecule has 3 N–H and O–H groups in total. The van der Waals surface area contributed by atoms with Gasteiger partial charge in [-0.1, -0.05) is 25.5 Å². The number of hydrogen-bond donors (Lipinski definition) is 3. The minimum atomic E-state index is -0.611. The van der Waals surface area contributed by atoms with Gasteiger partial charge in [0.25, 0.3) is 11.8 Å². The molecule has 0 aromatic heterocycles. The number of nitrogens with one attached hydrogen (secondary N) is 2. The summed E-state index contributed by atoms with van der Waals surface area (Å²) in [5.74, 6) is -0.859. The van der Waals surface area contributed by atoms with Crippen LogP contribution in [-0.4, -0.2) is 17.0 Å². The van der Waals surface area contributed by atoms with E-state index in [2.05, 4.69) is 12.2 Å². The van der Waals surface area contributed by atoms with E-state index >= 15 is 0 Å². The molecule has 0 aliphatic heterocycles. The van der Waals surface area contributed by atoms with Crippen molar-refractivity contribution in [2.75, 3.05) is 5.32 Å². The van der Waals surface area contributed by atoms with E-state index in [0.717, 1.165) is 24.9 Å². The summed E-state index contributed by atoms with van der Waals surface area (Å²) in [6.07, 6.45) is 3.35. The van der Waals surface area contributed by atoms with Gasteiger partial charge in [-0.3, -0.25) is 14.8 Å². The van der Waals surface area contributed by atoms with Crippen molar-refractivity contribution in [3.05, 3.63) is 65.2 Å². The first-order valence-corrected chi connectivity index (χ1v) is 7.59. The number of carbonyl (C=O) groups is 2. The molecule has 5 heteroatoms. The first kappa shape index (κ1) is 16.7. The number of amides is 2. The van der Waals surface area contributed by atoms with E-state index in [1.54, 1.807) is 5.48 Å². The molecule has 0 heterocycles. The summed E-state index contributed by atoms with van der Waals surface area (Å²) in [5.41, 5.74) is 4.25. The van der Waals surface area contributed by atoms with Crippen LogP contribution in [0.3, 0.4) is 0 Å². The van der Waals surface area contributed by atoms with Crippen molar-refractivity contribution in [2.24, 2.45) is 0 Å². The minimum absolute atomic E-state index is 0.248. The van der Waals surface area contributed by atoms with Crippen LogP contribution in [0.4, 0.5) is 5.69 Å². The van der Waals surface area contributed by atoms with Gasteiger partial charge in [-0.05, 0) is 54.8 Å². The Morgan fingerprint density at radius 2 is 1.48 bits per heavy atom. The second-order valence-electron chi connectivity index (χ2n) is 5.27. The smallest absolute Gasteiger partial charge is 0.274 e. The number of anilines is 1. The molecule has 0 bridgehead atoms. The molecule has 0 unspecified atom stereocenters. The van der Waals surface area contributed by atoms with Gasteiger partial charge in [0, 0.05) is 16.8 Å². The number of unbranched alkanes of at least 4 members (excludes halogenated alkanes) is 1. The van der Waals surface area contributed by atoms with Gasteiger partial charge >= 0.3 is 0 Å². The largest absolute Gasteiger partial charge is 0.322 e. The number of benzene rings is 2. The maximum absolute atomic E-state index is 12.2. The van der Waals surface area contributed by atoms with Crippen LogP contribution in [0.1, 0.15) is 46.0 Å². The molecule has 23 heavy (non-hydrogen) atoms. The third kappa shape index (κ3) is 4.66. The highest BCUT2D eigenvalue weighted by Gasteiger charge is 2.08. The standard InChI is InChI=1S/C18H20N2O3/c1-2-3-4-13-5-11-16(12-6-13)19-17(21)14-7-9-15(10-8-14)18(22)20-23/h5-12,23H,2-4H2,1H3,(H,19,21)(H,20,22). The molecule has 0 aliphatic carbocycles. The van der Waals surface area contributed by atoms with Gasteiger partial charge in [0.2, 0.25) is 0 Å². The zero-order valence-corrected chi connectivity index (χ0v) is 13.0. The molecule has 5 nitrogen and oxygen atoms in total. The van der Waals surface area contributed by atoms with E-state index in [0.29, 0.717) is 5.56 Å². The maximum atomic E-state index is 12.2. The van der Waals surface area contributed by atoms with Crippen molar-refractivity contribution >= 4 is 17.5 Å². The van der Waals surface area contributed by atoms with Crippen LogP contribution in [0.25, 0.3) is 0 Å². The van der Waals surface area contributed by atoms with Crippen molar-refractivity contribution in [2.45, 2.75) is 26.2 Å². The third-order valence-corrected chi connectivity index (χ3v) is 3.54. The fourth-order valence-electron chi connectivity index (χ4n) is 2.18. The molecular formula is C18H20N2O3. The minimum Gasteiger partial charge on any atom is -0.322 e. The predicted molar refractivity (Wildman–Crippen MR) is 88.7 cm³/mol. The zero-order chi connectivity index (χ0) is 16.7. The highest BCUT2D eigenvalue weighted by molar-refractivity contribution is 6.05. The monoisotopic (exact) mass is 312 g/mol. The summed E-state index contributed by atoms with van der Waals surface area (Å²) in [7, 11) is 0. The van der Waals surface area contributed by atoms with Crippen LogP contribution < -0.4 is 10.8 Å². The normalized spacial score (nSPS) is 10.2. The van der Waals surface area contributed by atoms with Gasteiger partial charge in [0.1, 0.15) is 0 Å². The Balaban J connectivity index is 1.99. The number of carbonyl (C=O) groups excluding carboxylic acids is 2. The Bertz CT molecular complexity index is 664. The second-order valence-corrected chi connectivity index (χ2v) is 5.27. The third-order valence-electron chi connectivity index (χ3n) is 3.54. The average molecular weight is 312 g/mol. The van der Waals surface area contributed by atoms with Gasteiger partial charge in [0.15, 0.2) is 0 Å². The average Bonchev–Trinajstić information content (AvgIpc) is 2.60. The van der Waals surface area contributed by atoms with E-state index in [1.165, 1.54) is 29.8 Å². The van der Waals surface area contributed by atoms with Crippen LogP contribution in [0.5, 0.6) is 0 Å². The van der Waals surface area contributed by atoms with E-state index in [1.807, 2.05) is 24.3 Å². The van der Waals surface area contributed by atoms with Gasteiger partial charge in [-0.25, -0.2) is 5.48 Å². The molecule has 0 radical (unpaired) electrons.